The molecule has 1 aliphatic heterocycles. The Labute approximate surface area is 160 Å². The van der Waals surface area contributed by atoms with Crippen LogP contribution in [0.2, 0.25) is 0 Å². The zero-order chi connectivity index (χ0) is 19.8. The van der Waals surface area contributed by atoms with E-state index in [0.717, 1.165) is 11.1 Å². The van der Waals surface area contributed by atoms with E-state index in [1.54, 1.807) is 24.3 Å². The number of aryl methyl sites for hydroxylation is 2. The molecule has 1 N–H and O–H groups in total. The van der Waals surface area contributed by atoms with Crippen LogP contribution < -0.4 is 13.8 Å². The summed E-state index contributed by atoms with van der Waals surface area (Å²) in [6, 6.07) is 9.52. The van der Waals surface area contributed by atoms with E-state index in [-0.39, 0.29) is 16.3 Å². The average Bonchev–Trinajstić information content (AvgIpc) is 2.96. The molecule has 7 nitrogen and oxygen atoms in total. The Bertz CT molecular complexity index is 1080. The van der Waals surface area contributed by atoms with E-state index in [9.17, 15) is 16.8 Å². The van der Waals surface area contributed by atoms with Gasteiger partial charge in [-0.1, -0.05) is 6.07 Å². The quantitative estimate of drug-likeness (QED) is 0.818. The second-order valence-corrected chi connectivity index (χ2v) is 10.2. The van der Waals surface area contributed by atoms with Crippen molar-refractivity contribution in [3.8, 4) is 5.75 Å². The maximum absolute atomic E-state index is 12.8. The fourth-order valence-corrected chi connectivity index (χ4v) is 5.65. The fourth-order valence-electron chi connectivity index (χ4n) is 2.95. The maximum Gasteiger partial charge on any atom is 0.262 e. The predicted octanol–water partition coefficient (Wildman–Crippen LogP) is 2.65. The Morgan fingerprint density at radius 3 is 2.41 bits per heavy atom. The molecule has 9 heteroatoms. The highest BCUT2D eigenvalue weighted by Gasteiger charge is 2.29. The van der Waals surface area contributed by atoms with Crippen LogP contribution in [0.15, 0.2) is 41.3 Å². The highest BCUT2D eigenvalue weighted by Crippen LogP contribution is 2.34. The van der Waals surface area contributed by atoms with Gasteiger partial charge in [-0.2, -0.15) is 0 Å². The van der Waals surface area contributed by atoms with Crippen LogP contribution >= 0.6 is 0 Å². The third-order valence-corrected chi connectivity index (χ3v) is 7.84. The molecule has 0 aromatic heterocycles. The van der Waals surface area contributed by atoms with Crippen LogP contribution in [0, 0.1) is 13.8 Å². The number of sulfonamides is 2. The van der Waals surface area contributed by atoms with Crippen molar-refractivity contribution in [1.29, 1.82) is 0 Å². The minimum atomic E-state index is -3.85. The van der Waals surface area contributed by atoms with Gasteiger partial charge in [0.05, 0.1) is 29.1 Å². The van der Waals surface area contributed by atoms with Crippen LogP contribution in [0.3, 0.4) is 0 Å². The average molecular weight is 411 g/mol. The summed E-state index contributed by atoms with van der Waals surface area (Å²) >= 11 is 0. The molecule has 0 bridgehead atoms. The number of ether oxygens (including phenoxy) is 1. The molecule has 0 aliphatic carbocycles. The number of hydrogen-bond acceptors (Lipinski definition) is 5. The summed E-state index contributed by atoms with van der Waals surface area (Å²) in [7, 11) is -5.79. The molecular weight excluding hydrogens is 388 g/mol. The Balaban J connectivity index is 2.00. The topological polar surface area (TPSA) is 92.8 Å². The molecule has 27 heavy (non-hydrogen) atoms. The lowest BCUT2D eigenvalue weighted by Crippen LogP contribution is -2.25. The van der Waals surface area contributed by atoms with Gasteiger partial charge >= 0.3 is 0 Å². The fraction of sp³-hybridized carbons (Fsp3) is 0.333. The van der Waals surface area contributed by atoms with Gasteiger partial charge in [-0.15, -0.1) is 0 Å². The molecule has 1 aliphatic rings. The summed E-state index contributed by atoms with van der Waals surface area (Å²) in [6.45, 7) is 4.12. The number of hydrogen-bond donors (Lipinski definition) is 1. The lowest BCUT2D eigenvalue weighted by Gasteiger charge is -2.19. The van der Waals surface area contributed by atoms with Gasteiger partial charge in [-0.3, -0.25) is 9.03 Å². The molecule has 0 saturated carbocycles. The van der Waals surface area contributed by atoms with E-state index in [1.165, 1.54) is 23.5 Å². The number of methoxy groups -OCH3 is 1. The molecule has 1 heterocycles. The monoisotopic (exact) mass is 410 g/mol. The van der Waals surface area contributed by atoms with Crippen molar-refractivity contribution >= 4 is 31.4 Å². The Hall–Kier alpha value is -2.26. The van der Waals surface area contributed by atoms with Gasteiger partial charge in [0.15, 0.2) is 0 Å². The van der Waals surface area contributed by atoms with E-state index in [0.29, 0.717) is 24.4 Å². The second-order valence-electron chi connectivity index (χ2n) is 6.48. The lowest BCUT2D eigenvalue weighted by molar-refractivity contribution is 0.417. The third-order valence-electron chi connectivity index (χ3n) is 4.60. The van der Waals surface area contributed by atoms with Crippen LogP contribution in [-0.4, -0.2) is 36.2 Å². The molecule has 0 radical (unpaired) electrons. The number of nitrogens with one attached hydrogen (secondary N) is 1. The predicted molar refractivity (Wildman–Crippen MR) is 105 cm³/mol. The molecule has 0 spiro atoms. The largest absolute Gasteiger partial charge is 0.495 e. The zero-order valence-corrected chi connectivity index (χ0v) is 17.0. The van der Waals surface area contributed by atoms with Gasteiger partial charge in [0.1, 0.15) is 5.75 Å². The van der Waals surface area contributed by atoms with Gasteiger partial charge in [-0.05, 0) is 61.7 Å². The van der Waals surface area contributed by atoms with Crippen molar-refractivity contribution in [2.75, 3.05) is 28.4 Å². The van der Waals surface area contributed by atoms with Crippen LogP contribution in [0.4, 0.5) is 11.4 Å². The molecule has 1 fully saturated rings. The lowest BCUT2D eigenvalue weighted by atomic mass is 10.1. The smallest absolute Gasteiger partial charge is 0.262 e. The third kappa shape index (κ3) is 3.89. The highest BCUT2D eigenvalue weighted by atomic mass is 32.2. The Kier molecular flexibility index (Phi) is 5.09. The number of benzene rings is 2. The van der Waals surface area contributed by atoms with E-state index < -0.39 is 20.0 Å². The van der Waals surface area contributed by atoms with Crippen LogP contribution in [0.5, 0.6) is 5.75 Å². The molecular formula is C18H22N2O5S2. The van der Waals surface area contributed by atoms with Crippen molar-refractivity contribution in [2.45, 2.75) is 25.2 Å². The molecule has 2 aromatic rings. The Morgan fingerprint density at radius 1 is 1.07 bits per heavy atom. The summed E-state index contributed by atoms with van der Waals surface area (Å²) in [5.74, 6) is 0.394. The van der Waals surface area contributed by atoms with Crippen molar-refractivity contribution in [1.82, 2.24) is 0 Å². The summed E-state index contributed by atoms with van der Waals surface area (Å²) in [5, 5.41) is 0. The molecule has 146 valence electrons. The van der Waals surface area contributed by atoms with Crippen molar-refractivity contribution in [2.24, 2.45) is 0 Å². The normalized spacial score (nSPS) is 16.3. The molecule has 0 amide bonds. The first kappa shape index (κ1) is 19.5. The van der Waals surface area contributed by atoms with Crippen LogP contribution in [0.1, 0.15) is 17.5 Å². The molecule has 0 atom stereocenters. The zero-order valence-electron chi connectivity index (χ0n) is 15.4. The van der Waals surface area contributed by atoms with E-state index in [1.807, 2.05) is 13.8 Å². The first-order valence-corrected chi connectivity index (χ1v) is 11.5. The minimum Gasteiger partial charge on any atom is -0.495 e. The first-order chi connectivity index (χ1) is 12.6. The van der Waals surface area contributed by atoms with Crippen LogP contribution in [0.25, 0.3) is 0 Å². The number of nitrogens with zero attached hydrogens (tertiary/aromatic N) is 1. The summed E-state index contributed by atoms with van der Waals surface area (Å²) in [6.07, 6.45) is 0.540. The molecule has 0 unspecified atom stereocenters. The van der Waals surface area contributed by atoms with Gasteiger partial charge in [0.2, 0.25) is 10.0 Å². The van der Waals surface area contributed by atoms with E-state index >= 15 is 0 Å². The van der Waals surface area contributed by atoms with Crippen molar-refractivity contribution < 1.29 is 21.6 Å². The molecule has 3 rings (SSSR count). The van der Waals surface area contributed by atoms with Gasteiger partial charge in [-0.25, -0.2) is 16.8 Å². The van der Waals surface area contributed by atoms with E-state index in [4.69, 9.17) is 4.74 Å². The Morgan fingerprint density at radius 2 is 1.81 bits per heavy atom. The van der Waals surface area contributed by atoms with Gasteiger partial charge < -0.3 is 4.74 Å². The summed E-state index contributed by atoms with van der Waals surface area (Å²) < 4.78 is 59.0. The van der Waals surface area contributed by atoms with Crippen LogP contribution in [-0.2, 0) is 20.0 Å². The van der Waals surface area contributed by atoms with Gasteiger partial charge in [0, 0.05) is 6.54 Å². The summed E-state index contributed by atoms with van der Waals surface area (Å²) in [4.78, 5) is 0.131. The number of rotatable bonds is 5. The van der Waals surface area contributed by atoms with E-state index in [2.05, 4.69) is 4.72 Å². The van der Waals surface area contributed by atoms with Gasteiger partial charge in [0.25, 0.3) is 10.0 Å². The second kappa shape index (κ2) is 7.05. The van der Waals surface area contributed by atoms with Crippen molar-refractivity contribution in [3.05, 3.63) is 47.5 Å². The van der Waals surface area contributed by atoms with Crippen molar-refractivity contribution in [3.63, 3.8) is 0 Å². The first-order valence-electron chi connectivity index (χ1n) is 8.42. The number of anilines is 2. The molecule has 1 saturated heterocycles. The minimum absolute atomic E-state index is 0.0860. The SMILES string of the molecule is COc1ccc(N2CCCS2(=O)=O)cc1NS(=O)(=O)c1ccc(C)c(C)c1. The summed E-state index contributed by atoms with van der Waals surface area (Å²) in [5.41, 5.74) is 2.45. The highest BCUT2D eigenvalue weighted by molar-refractivity contribution is 7.93. The standard InChI is InChI=1S/C18H22N2O5S2/c1-13-5-7-16(11-14(13)2)27(23,24)19-17-12-15(6-8-18(17)25-3)20-9-4-10-26(20,21)22/h5-8,11-12,19H,4,9-10H2,1-3H3. The maximum atomic E-state index is 12.8. The molecule has 2 aromatic carbocycles.